The van der Waals surface area contributed by atoms with Crippen LogP contribution in [0.2, 0.25) is 0 Å². The van der Waals surface area contributed by atoms with Crippen molar-refractivity contribution < 1.29 is 30.4 Å². The van der Waals surface area contributed by atoms with E-state index >= 15 is 4.39 Å². The van der Waals surface area contributed by atoms with E-state index in [2.05, 4.69) is 4.98 Å². The van der Waals surface area contributed by atoms with Gasteiger partial charge >= 0.3 is 0 Å². The number of hydrogen-bond acceptors (Lipinski definition) is 8. The maximum absolute atomic E-state index is 15.4. The van der Waals surface area contributed by atoms with Gasteiger partial charge < -0.3 is 14.4 Å². The second-order valence-corrected chi connectivity index (χ2v) is 15.5. The molecule has 2 aliphatic heterocycles. The van der Waals surface area contributed by atoms with Crippen molar-refractivity contribution in [2.45, 2.75) is 18.2 Å². The Morgan fingerprint density at radius 2 is 1.75 bits per heavy atom. The van der Waals surface area contributed by atoms with E-state index in [1.807, 2.05) is 0 Å². The Kier molecular flexibility index (Phi) is 7.13. The number of alkyl halides is 1. The maximum atomic E-state index is 15.4. The molecule has 11 nitrogen and oxygen atoms in total. The number of sulfone groups is 1. The van der Waals surface area contributed by atoms with Crippen molar-refractivity contribution in [2.24, 2.45) is 7.05 Å². The number of nitrogens with zero attached hydrogens (tertiary/aromatic N) is 5. The molecule has 4 aromatic rings. The molecule has 0 fully saturated rings. The summed E-state index contributed by atoms with van der Waals surface area (Å²) in [6.07, 6.45) is 5.67. The van der Waals surface area contributed by atoms with Gasteiger partial charge in [-0.15, -0.1) is 11.6 Å². The Labute approximate surface area is 256 Å². The van der Waals surface area contributed by atoms with E-state index in [1.165, 1.54) is 45.9 Å². The molecule has 1 unspecified atom stereocenters. The summed E-state index contributed by atoms with van der Waals surface area (Å²) < 4.78 is 83.2. The van der Waals surface area contributed by atoms with E-state index in [0.29, 0.717) is 22.8 Å². The van der Waals surface area contributed by atoms with Gasteiger partial charge in [0.2, 0.25) is 10.0 Å². The number of rotatable bonds is 5. The summed E-state index contributed by atoms with van der Waals surface area (Å²) in [7, 11) is -6.31. The summed E-state index contributed by atoms with van der Waals surface area (Å²) >= 11 is 5.96. The number of halogens is 3. The van der Waals surface area contributed by atoms with Gasteiger partial charge in [0.05, 0.1) is 29.9 Å². The molecule has 44 heavy (non-hydrogen) atoms. The number of fused-ring (bicyclic) bond motifs is 3. The number of aromatic nitrogens is 3. The van der Waals surface area contributed by atoms with Crippen LogP contribution < -0.4 is 10.5 Å². The van der Waals surface area contributed by atoms with Gasteiger partial charge in [-0.2, -0.15) is 0 Å². The summed E-state index contributed by atoms with van der Waals surface area (Å²) in [5.41, 5.74) is 0.675. The topological polar surface area (TPSA) is 132 Å². The van der Waals surface area contributed by atoms with Crippen LogP contribution in [0, 0.1) is 11.6 Å². The predicted molar refractivity (Wildman–Crippen MR) is 162 cm³/mol. The standard InChI is InChI=1S/C28H26ClF2N5O6S2/c1-33-14-20-17-9-18-19(27(37)34(7-5-29)6-4-23(18)43(2,39)40)10-22(17)35(26-21(31)8-16(30)11-32-26)12-15-13-36(44(3,41)42)25(24(15)20)28(33)38/h8-11,13-14,23H,4-7,12H2,1-3H3. The second-order valence-electron chi connectivity index (χ2n) is 11.0. The van der Waals surface area contributed by atoms with E-state index in [1.54, 1.807) is 0 Å². The summed E-state index contributed by atoms with van der Waals surface area (Å²) in [6.45, 7) is 0.0509. The van der Waals surface area contributed by atoms with Crippen LogP contribution in [0.4, 0.5) is 20.3 Å². The first-order valence-corrected chi connectivity index (χ1v) is 17.7. The third kappa shape index (κ3) is 4.77. The largest absolute Gasteiger partial charge is 0.337 e. The molecule has 0 N–H and O–H groups in total. The number of aryl methyl sites for hydroxylation is 1. The zero-order valence-electron chi connectivity index (χ0n) is 23.7. The van der Waals surface area contributed by atoms with Gasteiger partial charge in [-0.1, -0.05) is 0 Å². The van der Waals surface area contributed by atoms with Crippen molar-refractivity contribution in [1.29, 1.82) is 0 Å². The molecule has 1 atom stereocenters. The average Bonchev–Trinajstić information content (AvgIpc) is 3.20. The lowest BCUT2D eigenvalue weighted by atomic mass is 9.93. The first-order chi connectivity index (χ1) is 20.6. The van der Waals surface area contributed by atoms with Crippen LogP contribution in [0.15, 0.2) is 41.6 Å². The van der Waals surface area contributed by atoms with E-state index in [0.717, 1.165) is 22.7 Å². The number of anilines is 2. The van der Waals surface area contributed by atoms with Crippen molar-refractivity contribution in [3.8, 4) is 11.1 Å². The van der Waals surface area contributed by atoms with Gasteiger partial charge in [-0.25, -0.2) is 34.6 Å². The Bertz CT molecular complexity index is 2180. The summed E-state index contributed by atoms with van der Waals surface area (Å²) in [4.78, 5) is 34.0. The lowest BCUT2D eigenvalue weighted by Crippen LogP contribution is -2.33. The third-order valence-corrected chi connectivity index (χ3v) is 10.7. The maximum Gasteiger partial charge on any atom is 0.275 e. The lowest BCUT2D eigenvalue weighted by Gasteiger charge is -2.27. The summed E-state index contributed by atoms with van der Waals surface area (Å²) in [6, 6.07) is 3.62. The van der Waals surface area contributed by atoms with Gasteiger partial charge in [0.1, 0.15) is 11.3 Å². The van der Waals surface area contributed by atoms with E-state index in [9.17, 15) is 30.8 Å². The van der Waals surface area contributed by atoms with Gasteiger partial charge in [-0.3, -0.25) is 9.59 Å². The van der Waals surface area contributed by atoms with Crippen LogP contribution in [0.25, 0.3) is 22.0 Å². The van der Waals surface area contributed by atoms with Crippen LogP contribution in [-0.4, -0.2) is 72.6 Å². The van der Waals surface area contributed by atoms with Crippen LogP contribution in [-0.2, 0) is 33.5 Å². The van der Waals surface area contributed by atoms with Crippen molar-refractivity contribution >= 4 is 59.8 Å². The normalized spacial score (nSPS) is 17.0. The molecule has 1 amide bonds. The average molecular weight is 666 g/mol. The van der Waals surface area contributed by atoms with Crippen molar-refractivity contribution in [1.82, 2.24) is 18.4 Å². The van der Waals surface area contributed by atoms with Crippen molar-refractivity contribution in [3.63, 3.8) is 0 Å². The molecule has 0 saturated carbocycles. The van der Waals surface area contributed by atoms with Gasteiger partial charge in [-0.05, 0) is 29.7 Å². The molecule has 0 bridgehead atoms. The lowest BCUT2D eigenvalue weighted by molar-refractivity contribution is 0.0770. The minimum Gasteiger partial charge on any atom is -0.337 e. The molecule has 0 spiro atoms. The summed E-state index contributed by atoms with van der Waals surface area (Å²) in [5, 5.41) is -0.836. The minimum absolute atomic E-state index is 0.0585. The highest BCUT2D eigenvalue weighted by atomic mass is 35.5. The molecule has 0 aliphatic carbocycles. The number of amides is 1. The zero-order chi connectivity index (χ0) is 31.9. The monoisotopic (exact) mass is 665 g/mol. The van der Waals surface area contributed by atoms with Crippen LogP contribution in [0.3, 0.4) is 0 Å². The van der Waals surface area contributed by atoms with E-state index in [-0.39, 0.29) is 65.5 Å². The Morgan fingerprint density at radius 3 is 2.39 bits per heavy atom. The molecule has 2 aliphatic rings. The predicted octanol–water partition coefficient (Wildman–Crippen LogP) is 3.31. The first-order valence-electron chi connectivity index (χ1n) is 13.4. The van der Waals surface area contributed by atoms with Crippen molar-refractivity contribution in [3.05, 3.63) is 75.5 Å². The number of benzene rings is 1. The SMILES string of the molecule is Cn1cc2c3c(cn(S(C)(=O)=O)c3c1=O)CN(c1ncc(F)cc1F)c1cc3c(cc1-2)C(S(C)(=O)=O)CCN(CCCl)C3=O. The minimum atomic E-state index is -3.99. The van der Waals surface area contributed by atoms with Gasteiger partial charge in [0.15, 0.2) is 21.5 Å². The Hall–Kier alpha value is -3.82. The molecule has 0 saturated heterocycles. The summed E-state index contributed by atoms with van der Waals surface area (Å²) in [5.74, 6) is -2.65. The second kappa shape index (κ2) is 10.4. The third-order valence-electron chi connectivity index (χ3n) is 8.04. The first kappa shape index (κ1) is 30.2. The van der Waals surface area contributed by atoms with Crippen LogP contribution >= 0.6 is 11.6 Å². The van der Waals surface area contributed by atoms with E-state index < -0.39 is 48.2 Å². The molecular weight excluding hydrogens is 640 g/mol. The zero-order valence-corrected chi connectivity index (χ0v) is 26.1. The van der Waals surface area contributed by atoms with Gasteiger partial charge in [0, 0.05) is 72.8 Å². The number of carbonyl (C=O) groups is 1. The number of hydrogen-bond donors (Lipinski definition) is 0. The highest BCUT2D eigenvalue weighted by Gasteiger charge is 2.37. The quantitative estimate of drug-likeness (QED) is 0.297. The van der Waals surface area contributed by atoms with E-state index in [4.69, 9.17) is 11.6 Å². The highest BCUT2D eigenvalue weighted by molar-refractivity contribution is 7.91. The molecular formula is C28H26ClF2N5O6S2. The van der Waals surface area contributed by atoms with Crippen LogP contribution in [0.5, 0.6) is 0 Å². The number of carbonyl (C=O) groups excluding carboxylic acids is 1. The van der Waals surface area contributed by atoms with Crippen LogP contribution in [0.1, 0.15) is 33.2 Å². The fraction of sp³-hybridized carbons (Fsp3) is 0.321. The fourth-order valence-electron chi connectivity index (χ4n) is 6.11. The molecule has 5 heterocycles. The fourth-order valence-corrected chi connectivity index (χ4v) is 8.32. The number of pyridine rings is 2. The molecule has 0 radical (unpaired) electrons. The Morgan fingerprint density at radius 1 is 1.02 bits per heavy atom. The smallest absolute Gasteiger partial charge is 0.275 e. The molecule has 232 valence electrons. The van der Waals surface area contributed by atoms with Gasteiger partial charge in [0.25, 0.3) is 11.5 Å². The molecule has 16 heteroatoms. The molecule has 3 aromatic heterocycles. The Balaban J connectivity index is 1.78. The van der Waals surface area contributed by atoms with Crippen molar-refractivity contribution in [2.75, 3.05) is 36.4 Å². The highest BCUT2D eigenvalue weighted by Crippen LogP contribution is 2.47. The molecule has 1 aromatic carbocycles. The molecule has 6 rings (SSSR count).